The van der Waals surface area contributed by atoms with Gasteiger partial charge in [-0.05, 0) is 69.1 Å². The highest BCUT2D eigenvalue weighted by Crippen LogP contribution is 2.55. The first-order valence-corrected chi connectivity index (χ1v) is 12.4. The van der Waals surface area contributed by atoms with Crippen molar-refractivity contribution in [3.63, 3.8) is 0 Å². The van der Waals surface area contributed by atoms with E-state index in [1.165, 1.54) is 17.5 Å². The van der Waals surface area contributed by atoms with E-state index >= 15 is 0 Å². The summed E-state index contributed by atoms with van der Waals surface area (Å²) in [5.74, 6) is 0.296. The highest BCUT2D eigenvalue weighted by molar-refractivity contribution is 6.04. The first-order valence-electron chi connectivity index (χ1n) is 12.4. The number of rotatable bonds is 2. The summed E-state index contributed by atoms with van der Waals surface area (Å²) in [7, 11) is 1.84. The highest BCUT2D eigenvalue weighted by Gasteiger charge is 2.49. The number of nitrogens with two attached hydrogens (primary N) is 1. The molecule has 3 N–H and O–H groups in total. The van der Waals surface area contributed by atoms with Crippen LogP contribution in [0.15, 0.2) is 30.3 Å². The number of anilines is 2. The molecule has 4 aliphatic rings. The molecule has 6 rings (SSSR count). The van der Waals surface area contributed by atoms with E-state index in [4.69, 9.17) is 10.5 Å². The van der Waals surface area contributed by atoms with E-state index in [1.54, 1.807) is 6.92 Å². The van der Waals surface area contributed by atoms with Gasteiger partial charge in [0.2, 0.25) is 0 Å². The molecule has 2 aromatic rings. The Labute approximate surface area is 200 Å². The van der Waals surface area contributed by atoms with Crippen molar-refractivity contribution in [1.29, 1.82) is 0 Å². The first kappa shape index (κ1) is 21.3. The molecule has 2 aromatic carbocycles. The number of likely N-dealkylation sites (tertiary alicyclic amines) is 1. The van der Waals surface area contributed by atoms with Crippen molar-refractivity contribution in [3.8, 4) is 5.75 Å². The lowest BCUT2D eigenvalue weighted by Gasteiger charge is -2.38. The number of ether oxygens (including phenoxy) is 1. The Morgan fingerprint density at radius 2 is 1.82 bits per heavy atom. The number of hydrogen-bond donors (Lipinski definition) is 2. The Morgan fingerprint density at radius 3 is 2.59 bits per heavy atom. The highest BCUT2D eigenvalue weighted by atomic mass is 16.5. The molecule has 7 nitrogen and oxygen atoms in total. The van der Waals surface area contributed by atoms with E-state index in [-0.39, 0.29) is 5.91 Å². The zero-order valence-corrected chi connectivity index (χ0v) is 19.9. The van der Waals surface area contributed by atoms with Gasteiger partial charge in [0.05, 0.1) is 5.69 Å². The van der Waals surface area contributed by atoms with Crippen LogP contribution >= 0.6 is 0 Å². The van der Waals surface area contributed by atoms with Crippen molar-refractivity contribution in [1.82, 2.24) is 4.90 Å². The summed E-state index contributed by atoms with van der Waals surface area (Å²) in [6, 6.07) is 10.4. The summed E-state index contributed by atoms with van der Waals surface area (Å²) in [6.07, 6.45) is 6.72. The minimum absolute atomic E-state index is 0.0613. The quantitative estimate of drug-likeness (QED) is 0.716. The third kappa shape index (κ3) is 2.88. The predicted molar refractivity (Wildman–Crippen MR) is 131 cm³/mol. The molecular weight excluding hydrogens is 428 g/mol. The van der Waals surface area contributed by atoms with Gasteiger partial charge in [0.1, 0.15) is 17.0 Å². The van der Waals surface area contributed by atoms with Crippen LogP contribution in [-0.2, 0) is 23.2 Å². The van der Waals surface area contributed by atoms with Crippen LogP contribution in [0.4, 0.5) is 11.4 Å². The van der Waals surface area contributed by atoms with Gasteiger partial charge in [-0.1, -0.05) is 24.3 Å². The van der Waals surface area contributed by atoms with E-state index < -0.39 is 17.2 Å². The van der Waals surface area contributed by atoms with Gasteiger partial charge in [-0.3, -0.25) is 9.59 Å². The van der Waals surface area contributed by atoms with Gasteiger partial charge in [0, 0.05) is 31.3 Å². The number of nitrogens with zero attached hydrogens (tertiary/aromatic N) is 2. The molecule has 1 aliphatic carbocycles. The molecule has 3 aliphatic heterocycles. The molecule has 2 unspecified atom stereocenters. The van der Waals surface area contributed by atoms with Crippen molar-refractivity contribution in [2.75, 3.05) is 30.4 Å². The fourth-order valence-corrected chi connectivity index (χ4v) is 6.28. The van der Waals surface area contributed by atoms with Crippen LogP contribution in [0.1, 0.15) is 66.1 Å². The van der Waals surface area contributed by atoms with E-state index in [0.29, 0.717) is 11.3 Å². The summed E-state index contributed by atoms with van der Waals surface area (Å²) in [5, 5.41) is 3.37. The van der Waals surface area contributed by atoms with E-state index in [9.17, 15) is 9.59 Å². The van der Waals surface area contributed by atoms with E-state index in [0.717, 1.165) is 68.6 Å². The molecule has 2 amide bonds. The number of primary amides is 1. The SMILES string of the molecule is CN1c2cc(C(=O)N3CCCCC3)c3c(c2NC1(C)C(N)=O)OC1(CCc2ccccc21)CC3. The monoisotopic (exact) mass is 460 g/mol. The minimum Gasteiger partial charge on any atom is -0.480 e. The van der Waals surface area contributed by atoms with Crippen LogP contribution in [0.3, 0.4) is 0 Å². The van der Waals surface area contributed by atoms with Crippen molar-refractivity contribution in [3.05, 3.63) is 52.6 Å². The number of amides is 2. The van der Waals surface area contributed by atoms with Crippen molar-refractivity contribution in [2.45, 2.75) is 63.1 Å². The summed E-state index contributed by atoms with van der Waals surface area (Å²) in [5.41, 5.74) is 10.1. The zero-order valence-electron chi connectivity index (χ0n) is 19.9. The fourth-order valence-electron chi connectivity index (χ4n) is 6.28. The van der Waals surface area contributed by atoms with Gasteiger partial charge >= 0.3 is 0 Å². The lowest BCUT2D eigenvalue weighted by molar-refractivity contribution is -0.121. The van der Waals surface area contributed by atoms with E-state index in [2.05, 4.69) is 29.6 Å². The molecule has 0 saturated carbocycles. The maximum atomic E-state index is 13.7. The molecule has 1 saturated heterocycles. The van der Waals surface area contributed by atoms with Crippen molar-refractivity contribution < 1.29 is 14.3 Å². The number of carbonyl (C=O) groups is 2. The predicted octanol–water partition coefficient (Wildman–Crippen LogP) is 3.54. The Hall–Kier alpha value is -3.22. The maximum Gasteiger partial charge on any atom is 0.263 e. The van der Waals surface area contributed by atoms with Crippen molar-refractivity contribution >= 4 is 23.2 Å². The Bertz CT molecular complexity index is 1200. The summed E-state index contributed by atoms with van der Waals surface area (Å²) in [4.78, 5) is 30.0. The average molecular weight is 461 g/mol. The van der Waals surface area contributed by atoms with E-state index in [1.807, 2.05) is 22.9 Å². The smallest absolute Gasteiger partial charge is 0.263 e. The second kappa shape index (κ2) is 7.39. The molecule has 178 valence electrons. The number of carbonyl (C=O) groups excluding carboxylic acids is 2. The van der Waals surface area contributed by atoms with Crippen LogP contribution in [0.5, 0.6) is 5.75 Å². The molecule has 1 spiro atoms. The molecule has 3 heterocycles. The second-order valence-corrected chi connectivity index (χ2v) is 10.4. The molecule has 0 bridgehead atoms. The van der Waals surface area contributed by atoms with Crippen LogP contribution in [0.2, 0.25) is 0 Å². The van der Waals surface area contributed by atoms with Gasteiger partial charge in [-0.15, -0.1) is 0 Å². The van der Waals surface area contributed by atoms with Gasteiger partial charge in [0.25, 0.3) is 11.8 Å². The number of nitrogens with one attached hydrogen (secondary N) is 1. The van der Waals surface area contributed by atoms with Crippen LogP contribution in [0.25, 0.3) is 0 Å². The number of aryl methyl sites for hydroxylation is 1. The van der Waals surface area contributed by atoms with Crippen molar-refractivity contribution in [2.24, 2.45) is 5.73 Å². The molecule has 7 heteroatoms. The Balaban J connectivity index is 1.50. The first-order chi connectivity index (χ1) is 16.3. The standard InChI is InChI=1S/C27H32N4O3/c1-26(25(28)33)29-22-21(30(26)2)16-19(24(32)31-14-6-3-7-15-31)18-11-13-27(34-23(18)22)12-10-17-8-4-5-9-20(17)27/h4-5,8-9,16,29H,3,6-7,10-15H2,1-2H3,(H2,28,33). The Morgan fingerprint density at radius 1 is 1.09 bits per heavy atom. The molecular formula is C27H32N4O3. The lowest BCUT2D eigenvalue weighted by Crippen LogP contribution is -2.56. The third-order valence-electron chi connectivity index (χ3n) is 8.50. The zero-order chi connectivity index (χ0) is 23.7. The number of likely N-dealkylation sites (N-methyl/N-ethyl adjacent to an activating group) is 1. The van der Waals surface area contributed by atoms with Crippen LogP contribution in [-0.4, -0.2) is 42.5 Å². The maximum absolute atomic E-state index is 13.7. The Kier molecular flexibility index (Phi) is 4.63. The van der Waals surface area contributed by atoms with Gasteiger partial charge < -0.3 is 25.6 Å². The number of piperidine rings is 1. The van der Waals surface area contributed by atoms with Gasteiger partial charge in [-0.25, -0.2) is 0 Å². The fraction of sp³-hybridized carbons (Fsp3) is 0.481. The summed E-state index contributed by atoms with van der Waals surface area (Å²) in [6.45, 7) is 3.35. The molecule has 34 heavy (non-hydrogen) atoms. The largest absolute Gasteiger partial charge is 0.480 e. The minimum atomic E-state index is -1.09. The van der Waals surface area contributed by atoms with Gasteiger partial charge in [-0.2, -0.15) is 0 Å². The molecule has 0 radical (unpaired) electrons. The normalized spacial score (nSPS) is 27.0. The lowest BCUT2D eigenvalue weighted by atomic mass is 9.84. The summed E-state index contributed by atoms with van der Waals surface area (Å²) < 4.78 is 6.94. The average Bonchev–Trinajstić information content (AvgIpc) is 3.34. The number of fused-ring (bicyclic) bond motifs is 5. The molecule has 0 aromatic heterocycles. The third-order valence-corrected chi connectivity index (χ3v) is 8.50. The number of hydrogen-bond acceptors (Lipinski definition) is 5. The number of benzene rings is 2. The molecule has 2 atom stereocenters. The second-order valence-electron chi connectivity index (χ2n) is 10.4. The van der Waals surface area contributed by atoms with Gasteiger partial charge in [0.15, 0.2) is 5.66 Å². The topological polar surface area (TPSA) is 87.9 Å². The van der Waals surface area contributed by atoms with Crippen LogP contribution < -0.4 is 20.7 Å². The summed E-state index contributed by atoms with van der Waals surface area (Å²) >= 11 is 0. The molecule has 1 fully saturated rings. The van der Waals surface area contributed by atoms with Crippen LogP contribution in [0, 0.1) is 0 Å².